The Morgan fingerprint density at radius 1 is 1.15 bits per heavy atom. The Kier molecular flexibility index (Phi) is 5.49. The Morgan fingerprint density at radius 3 is 2.35 bits per heavy atom. The van der Waals surface area contributed by atoms with Crippen LogP contribution in [-0.2, 0) is 0 Å². The second-order valence-corrected chi connectivity index (χ2v) is 7.46. The third-order valence-corrected chi connectivity index (χ3v) is 5.77. The highest BCUT2D eigenvalue weighted by atomic mass is 15.3. The lowest BCUT2D eigenvalue weighted by atomic mass is 9.86. The van der Waals surface area contributed by atoms with Gasteiger partial charge in [-0.1, -0.05) is 27.7 Å². The minimum absolute atomic E-state index is 0.453. The van der Waals surface area contributed by atoms with E-state index in [1.54, 1.807) is 0 Å². The van der Waals surface area contributed by atoms with Crippen LogP contribution < -0.4 is 5.32 Å². The molecule has 0 radical (unpaired) electrons. The van der Waals surface area contributed by atoms with Crippen LogP contribution in [0.3, 0.4) is 0 Å². The predicted octanol–water partition coefficient (Wildman–Crippen LogP) is 2.57. The number of nitrogens with zero attached hydrogens (tertiary/aromatic N) is 2. The molecule has 2 rings (SSSR count). The first-order valence-electron chi connectivity index (χ1n) is 8.71. The van der Waals surface area contributed by atoms with Crippen molar-refractivity contribution in [3.8, 4) is 0 Å². The summed E-state index contributed by atoms with van der Waals surface area (Å²) >= 11 is 0. The van der Waals surface area contributed by atoms with E-state index in [2.05, 4.69) is 49.7 Å². The van der Waals surface area contributed by atoms with Crippen molar-refractivity contribution < 1.29 is 0 Å². The molecule has 20 heavy (non-hydrogen) atoms. The van der Waals surface area contributed by atoms with Crippen molar-refractivity contribution >= 4 is 0 Å². The van der Waals surface area contributed by atoms with Gasteiger partial charge >= 0.3 is 0 Å². The highest BCUT2D eigenvalue weighted by Crippen LogP contribution is 2.40. The van der Waals surface area contributed by atoms with E-state index >= 15 is 0 Å². The molecule has 3 heteroatoms. The van der Waals surface area contributed by atoms with E-state index in [1.165, 1.54) is 45.4 Å². The van der Waals surface area contributed by atoms with Gasteiger partial charge in [0.15, 0.2) is 0 Å². The molecule has 3 nitrogen and oxygen atoms in total. The molecule has 1 N–H and O–H groups in total. The van der Waals surface area contributed by atoms with Crippen LogP contribution in [0.5, 0.6) is 0 Å². The lowest BCUT2D eigenvalue weighted by molar-refractivity contribution is 0.0582. The van der Waals surface area contributed by atoms with Crippen molar-refractivity contribution in [1.82, 2.24) is 15.1 Å². The molecular formula is C17H35N3. The van der Waals surface area contributed by atoms with Gasteiger partial charge in [0.05, 0.1) is 0 Å². The number of nitrogens with one attached hydrogen (secondary N) is 1. The quantitative estimate of drug-likeness (QED) is 0.835. The Balaban J connectivity index is 1.93. The molecule has 0 bridgehead atoms. The number of hydrogen-bond donors (Lipinski definition) is 1. The summed E-state index contributed by atoms with van der Waals surface area (Å²) in [6, 6.07) is 2.17. The van der Waals surface area contributed by atoms with Crippen molar-refractivity contribution in [2.75, 3.05) is 32.7 Å². The van der Waals surface area contributed by atoms with Gasteiger partial charge in [0.2, 0.25) is 0 Å². The molecule has 0 aromatic carbocycles. The standard InChI is InChI=1S/C17H35N3/c1-6-14(3)19-10-12-20(13-11-19)15-8-9-17(4,5)16(15)18-7-2/h14-16,18H,6-13H2,1-5H3. The molecule has 2 fully saturated rings. The fourth-order valence-electron chi connectivity index (χ4n) is 4.16. The zero-order valence-corrected chi connectivity index (χ0v) is 14.3. The third-order valence-electron chi connectivity index (χ3n) is 5.77. The van der Waals surface area contributed by atoms with Crippen molar-refractivity contribution in [3.05, 3.63) is 0 Å². The number of likely N-dealkylation sites (N-methyl/N-ethyl adjacent to an activating group) is 1. The van der Waals surface area contributed by atoms with Crippen molar-refractivity contribution in [1.29, 1.82) is 0 Å². The molecule has 0 aromatic rings. The summed E-state index contributed by atoms with van der Waals surface area (Å²) < 4.78 is 0. The molecule has 2 aliphatic rings. The Hall–Kier alpha value is -0.120. The van der Waals surface area contributed by atoms with E-state index in [1.807, 2.05) is 0 Å². The number of rotatable bonds is 5. The van der Waals surface area contributed by atoms with E-state index in [4.69, 9.17) is 0 Å². The Labute approximate surface area is 126 Å². The minimum Gasteiger partial charge on any atom is -0.312 e. The topological polar surface area (TPSA) is 18.5 Å². The van der Waals surface area contributed by atoms with Crippen LogP contribution in [-0.4, -0.2) is 60.6 Å². The van der Waals surface area contributed by atoms with Gasteiger partial charge in [-0.3, -0.25) is 9.80 Å². The minimum atomic E-state index is 0.453. The first-order chi connectivity index (χ1) is 9.49. The van der Waals surface area contributed by atoms with Crippen LogP contribution in [0.1, 0.15) is 53.9 Å². The van der Waals surface area contributed by atoms with Crippen LogP contribution in [0.15, 0.2) is 0 Å². The van der Waals surface area contributed by atoms with E-state index in [-0.39, 0.29) is 0 Å². The molecule has 3 atom stereocenters. The summed E-state index contributed by atoms with van der Waals surface area (Å²) in [5.41, 5.74) is 0.453. The molecule has 1 aliphatic carbocycles. The maximum atomic E-state index is 3.77. The third kappa shape index (κ3) is 3.37. The first kappa shape index (κ1) is 16.3. The van der Waals surface area contributed by atoms with E-state index in [0.29, 0.717) is 11.5 Å². The number of piperazine rings is 1. The zero-order chi connectivity index (χ0) is 14.8. The molecule has 118 valence electrons. The van der Waals surface area contributed by atoms with Crippen molar-refractivity contribution in [3.63, 3.8) is 0 Å². The smallest absolute Gasteiger partial charge is 0.0274 e. The zero-order valence-electron chi connectivity index (χ0n) is 14.3. The molecule has 0 aromatic heterocycles. The maximum Gasteiger partial charge on any atom is 0.0274 e. The van der Waals surface area contributed by atoms with Gasteiger partial charge in [0, 0.05) is 44.3 Å². The number of hydrogen-bond acceptors (Lipinski definition) is 3. The maximum absolute atomic E-state index is 3.77. The molecule has 1 heterocycles. The second kappa shape index (κ2) is 6.76. The highest BCUT2D eigenvalue weighted by molar-refractivity contribution is 5.01. The highest BCUT2D eigenvalue weighted by Gasteiger charge is 2.44. The van der Waals surface area contributed by atoms with Gasteiger partial charge in [-0.25, -0.2) is 0 Å². The Bertz CT molecular complexity index is 295. The molecule has 3 unspecified atom stereocenters. The summed E-state index contributed by atoms with van der Waals surface area (Å²) in [5.74, 6) is 0. The van der Waals surface area contributed by atoms with Crippen LogP contribution in [0.4, 0.5) is 0 Å². The SMILES string of the molecule is CCNC1C(N2CCN(C(C)CC)CC2)CCC1(C)C. The average Bonchev–Trinajstić information content (AvgIpc) is 2.74. The lowest BCUT2D eigenvalue weighted by Crippen LogP contribution is -2.58. The van der Waals surface area contributed by atoms with Crippen molar-refractivity contribution in [2.45, 2.75) is 72.0 Å². The first-order valence-corrected chi connectivity index (χ1v) is 8.71. The molecule has 1 aliphatic heterocycles. The van der Waals surface area contributed by atoms with Crippen LogP contribution in [0.25, 0.3) is 0 Å². The van der Waals surface area contributed by atoms with E-state index in [0.717, 1.165) is 18.6 Å². The molecule has 1 saturated carbocycles. The summed E-state index contributed by atoms with van der Waals surface area (Å²) in [7, 11) is 0. The van der Waals surface area contributed by atoms with Gasteiger partial charge in [-0.2, -0.15) is 0 Å². The summed E-state index contributed by atoms with van der Waals surface area (Å²) in [6.45, 7) is 17.9. The largest absolute Gasteiger partial charge is 0.312 e. The summed E-state index contributed by atoms with van der Waals surface area (Å²) in [6.07, 6.45) is 4.01. The summed E-state index contributed by atoms with van der Waals surface area (Å²) in [4.78, 5) is 5.43. The fourth-order valence-corrected chi connectivity index (χ4v) is 4.16. The van der Waals surface area contributed by atoms with E-state index in [9.17, 15) is 0 Å². The van der Waals surface area contributed by atoms with Gasteiger partial charge < -0.3 is 5.32 Å². The van der Waals surface area contributed by atoms with Crippen LogP contribution >= 0.6 is 0 Å². The molecular weight excluding hydrogens is 246 g/mol. The van der Waals surface area contributed by atoms with Gasteiger partial charge in [-0.05, 0) is 38.1 Å². The lowest BCUT2D eigenvalue weighted by Gasteiger charge is -2.43. The fraction of sp³-hybridized carbons (Fsp3) is 1.00. The van der Waals surface area contributed by atoms with Crippen LogP contribution in [0.2, 0.25) is 0 Å². The average molecular weight is 281 g/mol. The normalized spacial score (nSPS) is 33.5. The molecule has 1 saturated heterocycles. The Morgan fingerprint density at radius 2 is 1.80 bits per heavy atom. The second-order valence-electron chi connectivity index (χ2n) is 7.46. The molecule has 0 amide bonds. The summed E-state index contributed by atoms with van der Waals surface area (Å²) in [5, 5.41) is 3.77. The van der Waals surface area contributed by atoms with Crippen LogP contribution in [0, 0.1) is 5.41 Å². The van der Waals surface area contributed by atoms with Gasteiger partial charge in [-0.15, -0.1) is 0 Å². The molecule has 0 spiro atoms. The monoisotopic (exact) mass is 281 g/mol. The predicted molar refractivity (Wildman–Crippen MR) is 87.2 cm³/mol. The van der Waals surface area contributed by atoms with Gasteiger partial charge in [0.1, 0.15) is 0 Å². The van der Waals surface area contributed by atoms with Crippen molar-refractivity contribution in [2.24, 2.45) is 5.41 Å². The van der Waals surface area contributed by atoms with Gasteiger partial charge in [0.25, 0.3) is 0 Å². The van der Waals surface area contributed by atoms with E-state index < -0.39 is 0 Å².